The fourth-order valence-electron chi connectivity index (χ4n) is 0.907. The number of hydrogen-bond acceptors (Lipinski definition) is 1. The largest absolute Gasteiger partial charge is 0.314 e. The molecule has 1 nitrogen and oxygen atoms in total. The van der Waals surface area contributed by atoms with Gasteiger partial charge >= 0.3 is 0 Å². The summed E-state index contributed by atoms with van der Waals surface area (Å²) in [6, 6.07) is 0.635. The quantitative estimate of drug-likeness (QED) is 0.581. The van der Waals surface area contributed by atoms with Gasteiger partial charge in [-0.1, -0.05) is 19.9 Å². The van der Waals surface area contributed by atoms with Gasteiger partial charge in [0.2, 0.25) is 0 Å². The van der Waals surface area contributed by atoms with Gasteiger partial charge in [0, 0.05) is 6.04 Å². The van der Waals surface area contributed by atoms with Gasteiger partial charge in [0.15, 0.2) is 0 Å². The molecular weight excluding hydrogens is 134 g/mol. The standard InChI is InChI=1S/C10H21N/c1-5-6-7-10(4)11-8-9(2)3/h5,9-11H,1,6-8H2,2-4H3/t10-/m1/s1. The van der Waals surface area contributed by atoms with Gasteiger partial charge in [0.05, 0.1) is 0 Å². The molecule has 0 saturated heterocycles. The van der Waals surface area contributed by atoms with Crippen LogP contribution in [-0.2, 0) is 0 Å². The molecule has 0 bridgehead atoms. The Labute approximate surface area is 70.9 Å². The van der Waals surface area contributed by atoms with Crippen LogP contribution in [0.1, 0.15) is 33.6 Å². The van der Waals surface area contributed by atoms with Crippen LogP contribution in [0.3, 0.4) is 0 Å². The second-order valence-corrected chi connectivity index (χ2v) is 3.57. The zero-order valence-corrected chi connectivity index (χ0v) is 8.06. The summed E-state index contributed by atoms with van der Waals surface area (Å²) in [6.45, 7) is 11.5. The SMILES string of the molecule is C=CCC[C@@H](C)NCC(C)C. The summed E-state index contributed by atoms with van der Waals surface area (Å²) in [6.07, 6.45) is 4.30. The third-order valence-corrected chi connectivity index (χ3v) is 1.68. The lowest BCUT2D eigenvalue weighted by Crippen LogP contribution is -2.29. The Hall–Kier alpha value is -0.300. The van der Waals surface area contributed by atoms with Crippen molar-refractivity contribution in [3.63, 3.8) is 0 Å². The molecule has 66 valence electrons. The van der Waals surface area contributed by atoms with Crippen LogP contribution >= 0.6 is 0 Å². The van der Waals surface area contributed by atoms with Gasteiger partial charge in [0.25, 0.3) is 0 Å². The molecule has 0 aromatic heterocycles. The van der Waals surface area contributed by atoms with Crippen LogP contribution in [0.25, 0.3) is 0 Å². The van der Waals surface area contributed by atoms with Crippen LogP contribution < -0.4 is 5.32 Å². The molecule has 0 unspecified atom stereocenters. The molecular formula is C10H21N. The van der Waals surface area contributed by atoms with Crippen molar-refractivity contribution in [3.8, 4) is 0 Å². The monoisotopic (exact) mass is 155 g/mol. The molecule has 0 aliphatic rings. The van der Waals surface area contributed by atoms with Gasteiger partial charge in [-0.3, -0.25) is 0 Å². The molecule has 1 heteroatoms. The molecule has 0 amide bonds. The highest BCUT2D eigenvalue weighted by atomic mass is 14.9. The van der Waals surface area contributed by atoms with E-state index in [0.717, 1.165) is 18.9 Å². The highest BCUT2D eigenvalue weighted by Gasteiger charge is 1.99. The van der Waals surface area contributed by atoms with Crippen molar-refractivity contribution >= 4 is 0 Å². The molecule has 0 fully saturated rings. The molecule has 0 rings (SSSR count). The second kappa shape index (κ2) is 6.41. The van der Waals surface area contributed by atoms with Crippen LogP contribution in [0, 0.1) is 5.92 Å². The Morgan fingerprint density at radius 2 is 2.00 bits per heavy atom. The van der Waals surface area contributed by atoms with Crippen LogP contribution in [0.2, 0.25) is 0 Å². The maximum absolute atomic E-state index is 3.70. The molecule has 0 saturated carbocycles. The summed E-state index contributed by atoms with van der Waals surface area (Å²) in [7, 11) is 0. The Morgan fingerprint density at radius 1 is 1.36 bits per heavy atom. The highest BCUT2D eigenvalue weighted by molar-refractivity contribution is 4.71. The van der Waals surface area contributed by atoms with Crippen molar-refractivity contribution in [3.05, 3.63) is 12.7 Å². The Kier molecular flexibility index (Phi) is 6.24. The minimum atomic E-state index is 0.635. The Morgan fingerprint density at radius 3 is 2.45 bits per heavy atom. The first-order valence-electron chi connectivity index (χ1n) is 4.51. The van der Waals surface area contributed by atoms with E-state index >= 15 is 0 Å². The molecule has 0 heterocycles. The number of allylic oxidation sites excluding steroid dienone is 1. The van der Waals surface area contributed by atoms with E-state index in [1.165, 1.54) is 6.42 Å². The first-order chi connectivity index (χ1) is 5.16. The van der Waals surface area contributed by atoms with Crippen molar-refractivity contribution in [2.75, 3.05) is 6.54 Å². The van der Waals surface area contributed by atoms with Crippen molar-refractivity contribution < 1.29 is 0 Å². The minimum Gasteiger partial charge on any atom is -0.314 e. The molecule has 0 radical (unpaired) electrons. The Bertz CT molecular complexity index is 97.0. The average Bonchev–Trinajstić information content (AvgIpc) is 1.97. The highest BCUT2D eigenvalue weighted by Crippen LogP contribution is 1.97. The first kappa shape index (κ1) is 10.7. The lowest BCUT2D eigenvalue weighted by molar-refractivity contribution is 0.466. The van der Waals surface area contributed by atoms with Crippen molar-refractivity contribution in [2.45, 2.75) is 39.7 Å². The molecule has 1 atom stereocenters. The van der Waals surface area contributed by atoms with Crippen LogP contribution in [0.5, 0.6) is 0 Å². The molecule has 0 aliphatic carbocycles. The fourth-order valence-corrected chi connectivity index (χ4v) is 0.907. The summed E-state index contributed by atoms with van der Waals surface area (Å²) < 4.78 is 0. The summed E-state index contributed by atoms with van der Waals surface area (Å²) in [5.74, 6) is 0.751. The lowest BCUT2D eigenvalue weighted by atomic mass is 10.1. The number of rotatable bonds is 6. The minimum absolute atomic E-state index is 0.635. The van der Waals surface area contributed by atoms with Gasteiger partial charge < -0.3 is 5.32 Å². The van der Waals surface area contributed by atoms with Crippen molar-refractivity contribution in [1.82, 2.24) is 5.32 Å². The van der Waals surface area contributed by atoms with E-state index in [1.54, 1.807) is 0 Å². The predicted molar refractivity (Wildman–Crippen MR) is 51.7 cm³/mol. The third-order valence-electron chi connectivity index (χ3n) is 1.68. The van der Waals surface area contributed by atoms with E-state index in [4.69, 9.17) is 0 Å². The predicted octanol–water partition coefficient (Wildman–Crippen LogP) is 2.59. The van der Waals surface area contributed by atoms with Crippen LogP contribution in [0.4, 0.5) is 0 Å². The third kappa shape index (κ3) is 7.60. The molecule has 0 aromatic carbocycles. The first-order valence-corrected chi connectivity index (χ1v) is 4.51. The van der Waals surface area contributed by atoms with Crippen LogP contribution in [-0.4, -0.2) is 12.6 Å². The smallest absolute Gasteiger partial charge is 0.00417 e. The van der Waals surface area contributed by atoms with Gasteiger partial charge in [-0.05, 0) is 32.2 Å². The molecule has 11 heavy (non-hydrogen) atoms. The van der Waals surface area contributed by atoms with Gasteiger partial charge in [-0.15, -0.1) is 6.58 Å². The van der Waals surface area contributed by atoms with Crippen molar-refractivity contribution in [2.24, 2.45) is 5.92 Å². The van der Waals surface area contributed by atoms with E-state index < -0.39 is 0 Å². The van der Waals surface area contributed by atoms with E-state index in [-0.39, 0.29) is 0 Å². The zero-order valence-electron chi connectivity index (χ0n) is 8.06. The fraction of sp³-hybridized carbons (Fsp3) is 0.800. The van der Waals surface area contributed by atoms with Gasteiger partial charge in [-0.2, -0.15) is 0 Å². The number of hydrogen-bond donors (Lipinski definition) is 1. The number of nitrogens with one attached hydrogen (secondary N) is 1. The lowest BCUT2D eigenvalue weighted by Gasteiger charge is -2.14. The topological polar surface area (TPSA) is 12.0 Å². The second-order valence-electron chi connectivity index (χ2n) is 3.57. The molecule has 1 N–H and O–H groups in total. The maximum atomic E-state index is 3.70. The van der Waals surface area contributed by atoms with E-state index in [0.29, 0.717) is 6.04 Å². The van der Waals surface area contributed by atoms with E-state index in [2.05, 4.69) is 32.7 Å². The molecule has 0 aliphatic heterocycles. The van der Waals surface area contributed by atoms with Crippen LogP contribution in [0.15, 0.2) is 12.7 Å². The van der Waals surface area contributed by atoms with Gasteiger partial charge in [-0.25, -0.2) is 0 Å². The summed E-state index contributed by atoms with van der Waals surface area (Å²) in [5, 5.41) is 3.47. The zero-order chi connectivity index (χ0) is 8.69. The van der Waals surface area contributed by atoms with E-state index in [9.17, 15) is 0 Å². The summed E-state index contributed by atoms with van der Waals surface area (Å²) in [5.41, 5.74) is 0. The van der Waals surface area contributed by atoms with Gasteiger partial charge in [0.1, 0.15) is 0 Å². The van der Waals surface area contributed by atoms with Crippen molar-refractivity contribution in [1.29, 1.82) is 0 Å². The van der Waals surface area contributed by atoms with E-state index in [1.807, 2.05) is 6.08 Å². The molecule has 0 aromatic rings. The Balaban J connectivity index is 3.21. The summed E-state index contributed by atoms with van der Waals surface area (Å²) >= 11 is 0. The maximum Gasteiger partial charge on any atom is 0.00417 e. The normalized spacial score (nSPS) is 13.5. The summed E-state index contributed by atoms with van der Waals surface area (Å²) in [4.78, 5) is 0. The average molecular weight is 155 g/mol. The molecule has 0 spiro atoms.